The van der Waals surface area contributed by atoms with Crippen LogP contribution >= 0.6 is 15.9 Å². The van der Waals surface area contributed by atoms with Crippen LogP contribution in [0.4, 0.5) is 18.9 Å². The first-order valence-electron chi connectivity index (χ1n) is 7.76. The van der Waals surface area contributed by atoms with Crippen LogP contribution in [0.1, 0.15) is 32.1 Å². The van der Waals surface area contributed by atoms with Crippen molar-refractivity contribution in [3.8, 4) is 5.75 Å². The highest BCUT2D eigenvalue weighted by atomic mass is 79.9. The van der Waals surface area contributed by atoms with Crippen molar-refractivity contribution < 1.29 is 17.9 Å². The minimum atomic E-state index is -3.13. The van der Waals surface area contributed by atoms with Crippen LogP contribution in [-0.2, 0) is 0 Å². The average molecular weight is 420 g/mol. The number of hydrogen-bond acceptors (Lipinski definition) is 6. The number of benzene rings is 1. The zero-order valence-corrected chi connectivity index (χ0v) is 14.8. The summed E-state index contributed by atoms with van der Waals surface area (Å²) in [5.74, 6) is -1.04. The number of guanidine groups is 2. The quantitative estimate of drug-likeness (QED) is 0.786. The topological polar surface area (TPSA) is 89.2 Å². The van der Waals surface area contributed by atoms with Gasteiger partial charge in [-0.2, -0.15) is 13.8 Å². The minimum Gasteiger partial charge on any atom is -0.431 e. The van der Waals surface area contributed by atoms with Crippen LogP contribution < -0.4 is 21.1 Å². The molecular formula is C15H17BrF3N5O. The first kappa shape index (κ1) is 17.8. The minimum absolute atomic E-state index is 0.00650. The lowest BCUT2D eigenvalue weighted by Gasteiger charge is -2.46. The molecule has 1 aliphatic heterocycles. The van der Waals surface area contributed by atoms with Gasteiger partial charge in [-0.3, -0.25) is 4.90 Å². The second kappa shape index (κ2) is 6.74. The van der Waals surface area contributed by atoms with Crippen molar-refractivity contribution in [3.05, 3.63) is 22.4 Å². The Morgan fingerprint density at radius 3 is 2.52 bits per heavy atom. The maximum atomic E-state index is 13.9. The lowest BCUT2D eigenvalue weighted by Crippen LogP contribution is -2.58. The van der Waals surface area contributed by atoms with Crippen LogP contribution in [0.2, 0.25) is 0 Å². The second-order valence-corrected chi connectivity index (χ2v) is 6.70. The lowest BCUT2D eigenvalue weighted by atomic mass is 9.87. The third kappa shape index (κ3) is 3.26. The van der Waals surface area contributed by atoms with E-state index in [9.17, 15) is 13.2 Å². The Bertz CT molecular complexity index is 734. The molecule has 0 aromatic heterocycles. The van der Waals surface area contributed by atoms with Crippen LogP contribution in [0.25, 0.3) is 0 Å². The number of nitrogens with two attached hydrogens (primary N) is 2. The normalized spacial score (nSPS) is 19.8. The Hall–Kier alpha value is -1.97. The number of rotatable bonds is 3. The molecular weight excluding hydrogens is 403 g/mol. The standard InChI is InChI=1S/C15H17BrF3N5O/c16-10-8(17)4-5-9(11(10)25-12(18)19)24-14(21)22-13(20)23-15(24)6-2-1-3-7-15/h4-5,12H,1-3,6-7H2,(H4,20,21,22,23). The van der Waals surface area contributed by atoms with Gasteiger partial charge in [0.1, 0.15) is 11.5 Å². The highest BCUT2D eigenvalue weighted by molar-refractivity contribution is 9.10. The SMILES string of the molecule is NC1=NC2(CCCCC2)N(c2ccc(F)c(Br)c2OC(F)F)C(N)=N1. The van der Waals surface area contributed by atoms with Gasteiger partial charge in [0.25, 0.3) is 0 Å². The lowest BCUT2D eigenvalue weighted by molar-refractivity contribution is -0.0502. The van der Waals surface area contributed by atoms with Gasteiger partial charge >= 0.3 is 6.61 Å². The van der Waals surface area contributed by atoms with E-state index in [1.807, 2.05) is 0 Å². The summed E-state index contributed by atoms with van der Waals surface area (Å²) < 4.78 is 44.0. The predicted octanol–water partition coefficient (Wildman–Crippen LogP) is 3.30. The molecule has 25 heavy (non-hydrogen) atoms. The highest BCUT2D eigenvalue weighted by Crippen LogP contribution is 2.45. The number of aliphatic imine (C=N–C) groups is 2. The summed E-state index contributed by atoms with van der Waals surface area (Å²) in [7, 11) is 0. The maximum Gasteiger partial charge on any atom is 0.387 e. The van der Waals surface area contributed by atoms with E-state index in [1.54, 1.807) is 0 Å². The molecule has 1 heterocycles. The molecule has 2 aliphatic rings. The largest absolute Gasteiger partial charge is 0.431 e. The fourth-order valence-corrected chi connectivity index (χ4v) is 3.80. The van der Waals surface area contributed by atoms with Crippen LogP contribution in [0.3, 0.4) is 0 Å². The molecule has 1 saturated carbocycles. The van der Waals surface area contributed by atoms with E-state index < -0.39 is 18.1 Å². The van der Waals surface area contributed by atoms with Crippen LogP contribution in [-0.4, -0.2) is 24.2 Å². The summed E-state index contributed by atoms with van der Waals surface area (Å²) >= 11 is 2.97. The smallest absolute Gasteiger partial charge is 0.387 e. The summed E-state index contributed by atoms with van der Waals surface area (Å²) in [6.07, 6.45) is 4.00. The molecule has 4 N–H and O–H groups in total. The van der Waals surface area contributed by atoms with Crippen LogP contribution in [0.5, 0.6) is 5.75 Å². The molecule has 1 aromatic carbocycles. The summed E-state index contributed by atoms with van der Waals surface area (Å²) in [5, 5.41) is 0. The van der Waals surface area contributed by atoms with Gasteiger partial charge in [-0.1, -0.05) is 6.42 Å². The monoisotopic (exact) mass is 419 g/mol. The van der Waals surface area contributed by atoms with Crippen molar-refractivity contribution >= 4 is 33.5 Å². The number of nitrogens with zero attached hydrogens (tertiary/aromatic N) is 3. The van der Waals surface area contributed by atoms with Crippen molar-refractivity contribution in [2.45, 2.75) is 44.4 Å². The molecule has 3 rings (SSSR count). The van der Waals surface area contributed by atoms with Crippen molar-refractivity contribution in [2.24, 2.45) is 21.5 Å². The Kier molecular flexibility index (Phi) is 4.81. The molecule has 1 spiro atoms. The van der Waals surface area contributed by atoms with E-state index in [-0.39, 0.29) is 27.8 Å². The number of ether oxygens (including phenoxy) is 1. The zero-order chi connectivity index (χ0) is 18.2. The van der Waals surface area contributed by atoms with Gasteiger partial charge in [0, 0.05) is 0 Å². The zero-order valence-electron chi connectivity index (χ0n) is 13.2. The van der Waals surface area contributed by atoms with E-state index in [0.717, 1.165) is 25.3 Å². The van der Waals surface area contributed by atoms with E-state index in [4.69, 9.17) is 11.5 Å². The van der Waals surface area contributed by atoms with Gasteiger partial charge in [-0.25, -0.2) is 9.38 Å². The molecule has 0 unspecified atom stereocenters. The molecule has 6 nitrogen and oxygen atoms in total. The van der Waals surface area contributed by atoms with Crippen LogP contribution in [0.15, 0.2) is 26.6 Å². The predicted molar refractivity (Wildman–Crippen MR) is 92.3 cm³/mol. The maximum absolute atomic E-state index is 13.9. The summed E-state index contributed by atoms with van der Waals surface area (Å²) in [6, 6.07) is 2.47. The number of hydrogen-bond donors (Lipinski definition) is 2. The third-order valence-corrected chi connectivity index (χ3v) is 5.07. The second-order valence-electron chi connectivity index (χ2n) is 5.91. The summed E-state index contributed by atoms with van der Waals surface area (Å²) in [6.45, 7) is -3.13. The number of anilines is 1. The van der Waals surface area contributed by atoms with Gasteiger partial charge in [0.05, 0.1) is 10.2 Å². The first-order chi connectivity index (χ1) is 11.8. The molecule has 0 atom stereocenters. The van der Waals surface area contributed by atoms with Crippen molar-refractivity contribution in [1.82, 2.24) is 0 Å². The molecule has 0 bridgehead atoms. The molecule has 0 saturated heterocycles. The Morgan fingerprint density at radius 2 is 1.88 bits per heavy atom. The average Bonchev–Trinajstić information content (AvgIpc) is 2.53. The van der Waals surface area contributed by atoms with Crippen molar-refractivity contribution in [1.29, 1.82) is 0 Å². The Balaban J connectivity index is 2.16. The van der Waals surface area contributed by atoms with E-state index in [2.05, 4.69) is 30.7 Å². The third-order valence-electron chi connectivity index (χ3n) is 4.33. The Labute approximate surface area is 150 Å². The number of alkyl halides is 2. The molecule has 0 amide bonds. The van der Waals surface area contributed by atoms with E-state index >= 15 is 0 Å². The van der Waals surface area contributed by atoms with Gasteiger partial charge < -0.3 is 16.2 Å². The molecule has 136 valence electrons. The fraction of sp³-hybridized carbons (Fsp3) is 0.467. The fourth-order valence-electron chi connectivity index (χ4n) is 3.37. The van der Waals surface area contributed by atoms with E-state index in [1.165, 1.54) is 11.0 Å². The van der Waals surface area contributed by atoms with Gasteiger partial charge in [-0.05, 0) is 53.7 Å². The summed E-state index contributed by atoms with van der Waals surface area (Å²) in [4.78, 5) is 9.93. The molecule has 1 fully saturated rings. The van der Waals surface area contributed by atoms with Crippen molar-refractivity contribution in [2.75, 3.05) is 4.90 Å². The highest BCUT2D eigenvalue weighted by Gasteiger charge is 2.44. The Morgan fingerprint density at radius 1 is 1.20 bits per heavy atom. The van der Waals surface area contributed by atoms with Crippen LogP contribution in [0, 0.1) is 5.82 Å². The van der Waals surface area contributed by atoms with Gasteiger partial charge in [0.2, 0.25) is 11.9 Å². The van der Waals surface area contributed by atoms with Crippen molar-refractivity contribution in [3.63, 3.8) is 0 Å². The number of halogens is 4. The van der Waals surface area contributed by atoms with Gasteiger partial charge in [-0.15, -0.1) is 0 Å². The summed E-state index contributed by atoms with van der Waals surface area (Å²) in [5.41, 5.74) is 11.2. The molecule has 10 heteroatoms. The molecule has 1 aromatic rings. The molecule has 0 radical (unpaired) electrons. The van der Waals surface area contributed by atoms with Gasteiger partial charge in [0.15, 0.2) is 5.75 Å². The molecule has 1 aliphatic carbocycles. The first-order valence-corrected chi connectivity index (χ1v) is 8.56. The van der Waals surface area contributed by atoms with E-state index in [0.29, 0.717) is 12.8 Å².